The predicted molar refractivity (Wildman–Crippen MR) is 82.6 cm³/mol. The minimum absolute atomic E-state index is 0.318. The maximum atomic E-state index is 6.31. The summed E-state index contributed by atoms with van der Waals surface area (Å²) in [6, 6.07) is 10.2. The maximum Gasteiger partial charge on any atom is 0.198 e. The summed E-state index contributed by atoms with van der Waals surface area (Å²) >= 11 is 0. The van der Waals surface area contributed by atoms with Crippen LogP contribution in [-0.4, -0.2) is 14.1 Å². The van der Waals surface area contributed by atoms with Gasteiger partial charge in [-0.05, 0) is 39.1 Å². The Balaban J connectivity index is 2.41. The second-order valence-corrected chi connectivity index (χ2v) is 11.8. The van der Waals surface area contributed by atoms with Crippen molar-refractivity contribution in [3.05, 3.63) is 35.9 Å². The SMILES string of the molecule is CC1(O[Si](C)(C)C)OOC(C)(c2ccccc2)C1(C)C. The fraction of sp³-hybridized carbons (Fsp3) is 0.625. The number of hydrogen-bond acceptors (Lipinski definition) is 3. The van der Waals surface area contributed by atoms with Crippen molar-refractivity contribution >= 4 is 8.32 Å². The van der Waals surface area contributed by atoms with E-state index in [1.54, 1.807) is 0 Å². The highest BCUT2D eigenvalue weighted by atomic mass is 28.4. The zero-order valence-corrected chi connectivity index (χ0v) is 14.6. The van der Waals surface area contributed by atoms with Gasteiger partial charge in [0.15, 0.2) is 14.1 Å². The van der Waals surface area contributed by atoms with Gasteiger partial charge < -0.3 is 4.43 Å². The standard InChI is InChI=1S/C16H26O3Si/c1-14(2)15(3,13-11-9-8-10-12-13)17-18-16(14,4)19-20(5,6)7/h8-12H,1-7H3. The Morgan fingerprint density at radius 2 is 1.45 bits per heavy atom. The molecule has 3 nitrogen and oxygen atoms in total. The lowest BCUT2D eigenvalue weighted by Crippen LogP contribution is -2.53. The van der Waals surface area contributed by atoms with E-state index in [2.05, 4.69) is 52.5 Å². The van der Waals surface area contributed by atoms with E-state index in [1.165, 1.54) is 0 Å². The fourth-order valence-electron chi connectivity index (χ4n) is 2.70. The molecule has 1 aromatic rings. The van der Waals surface area contributed by atoms with Crippen LogP contribution in [0.5, 0.6) is 0 Å². The first kappa shape index (κ1) is 15.7. The lowest BCUT2D eigenvalue weighted by atomic mass is 9.68. The van der Waals surface area contributed by atoms with E-state index in [0.717, 1.165) is 5.56 Å². The molecule has 112 valence electrons. The van der Waals surface area contributed by atoms with Crippen LogP contribution in [0.25, 0.3) is 0 Å². The second-order valence-electron chi connectivity index (χ2n) is 7.35. The smallest absolute Gasteiger partial charge is 0.198 e. The summed E-state index contributed by atoms with van der Waals surface area (Å²) in [5.41, 5.74) is 0.248. The first-order chi connectivity index (χ1) is 9.02. The Hall–Kier alpha value is -0.683. The topological polar surface area (TPSA) is 27.7 Å². The zero-order chi connectivity index (χ0) is 15.2. The summed E-state index contributed by atoms with van der Waals surface area (Å²) < 4.78 is 6.31. The average Bonchev–Trinajstić information content (AvgIpc) is 2.50. The Morgan fingerprint density at radius 1 is 0.900 bits per heavy atom. The highest BCUT2D eigenvalue weighted by Crippen LogP contribution is 2.57. The van der Waals surface area contributed by atoms with Crippen LogP contribution in [0.2, 0.25) is 19.6 Å². The third-order valence-electron chi connectivity index (χ3n) is 4.52. The normalized spacial score (nSPS) is 33.4. The highest BCUT2D eigenvalue weighted by molar-refractivity contribution is 6.69. The van der Waals surface area contributed by atoms with Crippen LogP contribution in [0, 0.1) is 5.41 Å². The third-order valence-corrected chi connectivity index (χ3v) is 5.52. The van der Waals surface area contributed by atoms with Crippen LogP contribution >= 0.6 is 0 Å². The van der Waals surface area contributed by atoms with E-state index < -0.39 is 19.7 Å². The average molecular weight is 294 g/mol. The summed E-state index contributed by atoms with van der Waals surface area (Å²) in [5.74, 6) is -0.748. The maximum absolute atomic E-state index is 6.31. The van der Waals surface area contributed by atoms with Gasteiger partial charge in [-0.1, -0.05) is 44.2 Å². The minimum atomic E-state index is -1.75. The van der Waals surface area contributed by atoms with Crippen molar-refractivity contribution in [2.24, 2.45) is 5.41 Å². The molecule has 20 heavy (non-hydrogen) atoms. The molecule has 0 aliphatic carbocycles. The van der Waals surface area contributed by atoms with Gasteiger partial charge in [-0.25, -0.2) is 9.78 Å². The van der Waals surface area contributed by atoms with E-state index in [1.807, 2.05) is 25.1 Å². The molecule has 1 aromatic carbocycles. The summed E-state index contributed by atoms with van der Waals surface area (Å²) in [6.45, 7) is 14.8. The fourth-order valence-corrected chi connectivity index (χ4v) is 4.16. The number of benzene rings is 1. The van der Waals surface area contributed by atoms with Gasteiger partial charge in [-0.2, -0.15) is 0 Å². The van der Waals surface area contributed by atoms with E-state index in [9.17, 15) is 0 Å². The molecule has 1 heterocycles. The van der Waals surface area contributed by atoms with Gasteiger partial charge in [0.05, 0.1) is 5.41 Å². The molecule has 1 aliphatic heterocycles. The highest BCUT2D eigenvalue weighted by Gasteiger charge is 2.64. The van der Waals surface area contributed by atoms with Crippen LogP contribution in [0.15, 0.2) is 30.3 Å². The minimum Gasteiger partial charge on any atom is -0.388 e. The molecule has 0 N–H and O–H groups in total. The molecular weight excluding hydrogens is 268 g/mol. The van der Waals surface area contributed by atoms with Gasteiger partial charge >= 0.3 is 0 Å². The Bertz CT molecular complexity index is 480. The van der Waals surface area contributed by atoms with Crippen LogP contribution in [0.3, 0.4) is 0 Å². The van der Waals surface area contributed by atoms with E-state index in [0.29, 0.717) is 0 Å². The van der Waals surface area contributed by atoms with Crippen molar-refractivity contribution < 1.29 is 14.2 Å². The Kier molecular flexibility index (Phi) is 3.66. The molecule has 0 spiro atoms. The summed E-state index contributed by atoms with van der Waals surface area (Å²) in [7, 11) is -1.75. The summed E-state index contributed by atoms with van der Waals surface area (Å²) in [6.07, 6.45) is 0. The second kappa shape index (κ2) is 4.66. The summed E-state index contributed by atoms with van der Waals surface area (Å²) in [4.78, 5) is 11.5. The molecule has 0 aromatic heterocycles. The van der Waals surface area contributed by atoms with E-state index >= 15 is 0 Å². The molecule has 2 atom stereocenters. The molecule has 2 rings (SSSR count). The molecule has 1 fully saturated rings. The van der Waals surface area contributed by atoms with Gasteiger partial charge in [0, 0.05) is 0 Å². The van der Waals surface area contributed by atoms with Crippen LogP contribution in [0.1, 0.15) is 33.3 Å². The van der Waals surface area contributed by atoms with Gasteiger partial charge in [0.2, 0.25) is 0 Å². The van der Waals surface area contributed by atoms with Crippen molar-refractivity contribution in [1.29, 1.82) is 0 Å². The van der Waals surface area contributed by atoms with Crippen LogP contribution in [0.4, 0.5) is 0 Å². The first-order valence-corrected chi connectivity index (χ1v) is 10.6. The quantitative estimate of drug-likeness (QED) is 0.608. The first-order valence-electron chi connectivity index (χ1n) is 7.14. The number of hydrogen-bond donors (Lipinski definition) is 0. The third kappa shape index (κ3) is 2.35. The Labute approximate surface area is 123 Å². The van der Waals surface area contributed by atoms with Crippen molar-refractivity contribution in [3.63, 3.8) is 0 Å². The molecule has 4 heteroatoms. The molecule has 0 amide bonds. The predicted octanol–water partition coefficient (Wildman–Crippen LogP) is 4.46. The molecule has 0 bridgehead atoms. The monoisotopic (exact) mass is 294 g/mol. The van der Waals surface area contributed by atoms with Crippen molar-refractivity contribution in [2.45, 2.75) is 58.7 Å². The van der Waals surface area contributed by atoms with Gasteiger partial charge in [-0.15, -0.1) is 0 Å². The van der Waals surface area contributed by atoms with Gasteiger partial charge in [-0.3, -0.25) is 0 Å². The molecule has 0 radical (unpaired) electrons. The lowest BCUT2D eigenvalue weighted by Gasteiger charge is -2.43. The van der Waals surface area contributed by atoms with E-state index in [-0.39, 0.29) is 5.41 Å². The molecule has 0 saturated carbocycles. The van der Waals surface area contributed by atoms with Crippen LogP contribution < -0.4 is 0 Å². The van der Waals surface area contributed by atoms with Gasteiger partial charge in [0.25, 0.3) is 0 Å². The largest absolute Gasteiger partial charge is 0.388 e. The van der Waals surface area contributed by atoms with Crippen molar-refractivity contribution in [3.8, 4) is 0 Å². The molecule has 1 saturated heterocycles. The molecule has 2 unspecified atom stereocenters. The zero-order valence-electron chi connectivity index (χ0n) is 13.6. The van der Waals surface area contributed by atoms with Gasteiger partial charge in [0.1, 0.15) is 5.60 Å². The molecule has 1 aliphatic rings. The lowest BCUT2D eigenvalue weighted by molar-refractivity contribution is -0.385. The summed E-state index contributed by atoms with van der Waals surface area (Å²) in [5, 5.41) is 0. The van der Waals surface area contributed by atoms with E-state index in [4.69, 9.17) is 14.2 Å². The number of rotatable bonds is 3. The Morgan fingerprint density at radius 3 is 1.95 bits per heavy atom. The molecular formula is C16H26O3Si. The van der Waals surface area contributed by atoms with Crippen molar-refractivity contribution in [2.75, 3.05) is 0 Å². The van der Waals surface area contributed by atoms with Crippen LogP contribution in [-0.2, 0) is 19.8 Å². The van der Waals surface area contributed by atoms with Crippen molar-refractivity contribution in [1.82, 2.24) is 0 Å².